The molecule has 0 aliphatic heterocycles. The second kappa shape index (κ2) is 5.61. The van der Waals surface area contributed by atoms with Gasteiger partial charge in [-0.3, -0.25) is 0 Å². The van der Waals surface area contributed by atoms with Crippen molar-refractivity contribution >= 4 is 29.2 Å². The molecule has 0 radical (unpaired) electrons. The van der Waals surface area contributed by atoms with E-state index in [9.17, 15) is 18.0 Å². The van der Waals surface area contributed by atoms with Crippen LogP contribution in [0.5, 0.6) is 0 Å². The van der Waals surface area contributed by atoms with Crippen LogP contribution in [-0.4, -0.2) is 11.3 Å². The molecule has 0 saturated carbocycles. The fraction of sp³-hybridized carbons (Fsp3) is 0.200. The Bertz CT molecular complexity index is 510. The Morgan fingerprint density at radius 1 is 1.50 bits per heavy atom. The zero-order valence-corrected chi connectivity index (χ0v) is 9.64. The van der Waals surface area contributed by atoms with Crippen LogP contribution in [0.2, 0.25) is 0 Å². The van der Waals surface area contributed by atoms with Crippen molar-refractivity contribution in [2.75, 3.05) is 0 Å². The van der Waals surface area contributed by atoms with Gasteiger partial charge in [-0.15, -0.1) is 0 Å². The average molecular weight is 276 g/mol. The van der Waals surface area contributed by atoms with E-state index in [1.165, 1.54) is 0 Å². The molecular weight excluding hydrogens is 269 g/mol. The molecular formula is C10H7F3N2O2S. The van der Waals surface area contributed by atoms with Crippen LogP contribution in [0.4, 0.5) is 23.7 Å². The van der Waals surface area contributed by atoms with Gasteiger partial charge in [-0.2, -0.15) is 18.2 Å². The monoisotopic (exact) mass is 276 g/mol. The molecule has 8 heteroatoms. The molecule has 1 amide bonds. The Labute approximate surface area is 105 Å². The van der Waals surface area contributed by atoms with Crippen LogP contribution in [0, 0.1) is 0 Å². The molecule has 0 spiro atoms. The third-order valence-electron chi connectivity index (χ3n) is 1.91. The summed E-state index contributed by atoms with van der Waals surface area (Å²) >= 11 is 4.28. The molecule has 0 fully saturated rings. The lowest BCUT2D eigenvalue weighted by Gasteiger charge is -2.10. The molecule has 2 N–H and O–H groups in total. The van der Waals surface area contributed by atoms with E-state index in [1.807, 2.05) is 5.16 Å². The van der Waals surface area contributed by atoms with E-state index >= 15 is 0 Å². The van der Waals surface area contributed by atoms with E-state index in [4.69, 9.17) is 5.73 Å². The van der Waals surface area contributed by atoms with Crippen molar-refractivity contribution in [3.05, 3.63) is 29.3 Å². The number of carbonyl (C=O) groups is 1. The summed E-state index contributed by atoms with van der Waals surface area (Å²) in [6.07, 6.45) is -5.57. The summed E-state index contributed by atoms with van der Waals surface area (Å²) in [4.78, 5) is 13.7. The van der Waals surface area contributed by atoms with Crippen LogP contribution in [-0.2, 0) is 17.5 Å². The fourth-order valence-corrected chi connectivity index (χ4v) is 1.30. The highest BCUT2D eigenvalue weighted by molar-refractivity contribution is 7.78. The number of nitrogens with zero attached hydrogens (tertiary/aromatic N) is 1. The SMILES string of the molecule is NC(=O)OCc1ccc(C(F)(F)F)c(N=C=S)c1. The van der Waals surface area contributed by atoms with Gasteiger partial charge in [0.1, 0.15) is 6.61 Å². The zero-order valence-electron chi connectivity index (χ0n) is 8.82. The highest BCUT2D eigenvalue weighted by atomic mass is 32.1. The number of amides is 1. The molecule has 1 aromatic rings. The van der Waals surface area contributed by atoms with Gasteiger partial charge in [0.15, 0.2) is 0 Å². The summed E-state index contributed by atoms with van der Waals surface area (Å²) in [6, 6.07) is 3.09. The Morgan fingerprint density at radius 3 is 2.67 bits per heavy atom. The van der Waals surface area contributed by atoms with Gasteiger partial charge in [0.05, 0.1) is 16.4 Å². The number of ether oxygens (including phenoxy) is 1. The van der Waals surface area contributed by atoms with Gasteiger partial charge >= 0.3 is 12.3 Å². The number of alkyl halides is 3. The Balaban J connectivity index is 3.11. The number of thiocarbonyl (C=S) groups is 1. The highest BCUT2D eigenvalue weighted by Crippen LogP contribution is 2.36. The van der Waals surface area contributed by atoms with Crippen LogP contribution in [0.15, 0.2) is 23.2 Å². The highest BCUT2D eigenvalue weighted by Gasteiger charge is 2.33. The normalized spacial score (nSPS) is 10.6. The van der Waals surface area contributed by atoms with E-state index in [0.29, 0.717) is 5.56 Å². The van der Waals surface area contributed by atoms with Gasteiger partial charge in [-0.1, -0.05) is 6.07 Å². The maximum Gasteiger partial charge on any atom is 0.418 e. The molecule has 0 aromatic heterocycles. The number of isothiocyanates is 1. The lowest BCUT2D eigenvalue weighted by atomic mass is 10.1. The van der Waals surface area contributed by atoms with Gasteiger partial charge in [0.2, 0.25) is 0 Å². The van der Waals surface area contributed by atoms with Crippen LogP contribution >= 0.6 is 12.2 Å². The number of benzene rings is 1. The van der Waals surface area contributed by atoms with Crippen LogP contribution in [0.25, 0.3) is 0 Å². The molecule has 0 unspecified atom stereocenters. The first-order valence-electron chi connectivity index (χ1n) is 4.55. The quantitative estimate of drug-likeness (QED) is 0.681. The molecule has 0 atom stereocenters. The molecule has 0 aliphatic carbocycles. The first-order valence-corrected chi connectivity index (χ1v) is 4.95. The Morgan fingerprint density at radius 2 is 2.17 bits per heavy atom. The van der Waals surface area contributed by atoms with E-state index in [0.717, 1.165) is 18.2 Å². The number of hydrogen-bond acceptors (Lipinski definition) is 4. The number of nitrogens with two attached hydrogens (primary N) is 1. The van der Waals surface area contributed by atoms with Gasteiger partial charge in [-0.25, -0.2) is 4.79 Å². The van der Waals surface area contributed by atoms with Gasteiger partial charge in [0.25, 0.3) is 0 Å². The number of halogens is 3. The van der Waals surface area contributed by atoms with Crippen molar-refractivity contribution in [2.45, 2.75) is 12.8 Å². The Hall–Kier alpha value is -1.92. The second-order valence-electron chi connectivity index (χ2n) is 3.16. The number of rotatable bonds is 3. The summed E-state index contributed by atoms with van der Waals surface area (Å²) in [5.41, 5.74) is 3.73. The number of carbonyl (C=O) groups excluding carboxylic acids is 1. The summed E-state index contributed by atoms with van der Waals surface area (Å²) < 4.78 is 42.2. The maximum atomic E-state index is 12.6. The molecule has 0 bridgehead atoms. The van der Waals surface area contributed by atoms with Gasteiger partial charge in [-0.05, 0) is 29.9 Å². The predicted molar refractivity (Wildman–Crippen MR) is 60.5 cm³/mol. The third kappa shape index (κ3) is 3.83. The third-order valence-corrected chi connectivity index (χ3v) is 2.01. The molecule has 1 rings (SSSR count). The average Bonchev–Trinajstić information content (AvgIpc) is 2.25. The van der Waals surface area contributed by atoms with E-state index in [-0.39, 0.29) is 12.3 Å². The zero-order chi connectivity index (χ0) is 13.8. The minimum atomic E-state index is -4.55. The molecule has 0 saturated heterocycles. The van der Waals surface area contributed by atoms with E-state index in [2.05, 4.69) is 21.9 Å². The van der Waals surface area contributed by atoms with E-state index in [1.54, 1.807) is 0 Å². The standard InChI is InChI=1S/C10H7F3N2O2S/c11-10(12,13)7-2-1-6(4-17-9(14)16)3-8(7)15-5-18/h1-3H,4H2,(H2,14,16). The largest absolute Gasteiger partial charge is 0.445 e. The topological polar surface area (TPSA) is 64.7 Å². The number of aliphatic imine (C=N–C) groups is 1. The van der Waals surface area contributed by atoms with Crippen molar-refractivity contribution in [3.8, 4) is 0 Å². The summed E-state index contributed by atoms with van der Waals surface area (Å²) in [5, 5.41) is 1.86. The fourth-order valence-electron chi connectivity index (χ4n) is 1.20. The van der Waals surface area contributed by atoms with Gasteiger partial charge < -0.3 is 10.5 Å². The molecule has 0 aliphatic rings. The van der Waals surface area contributed by atoms with Crippen molar-refractivity contribution in [1.82, 2.24) is 0 Å². The number of hydrogen-bond donors (Lipinski definition) is 1. The van der Waals surface area contributed by atoms with Crippen molar-refractivity contribution < 1.29 is 22.7 Å². The van der Waals surface area contributed by atoms with Crippen molar-refractivity contribution in [2.24, 2.45) is 10.7 Å². The van der Waals surface area contributed by atoms with E-state index < -0.39 is 17.8 Å². The first kappa shape index (κ1) is 14.1. The predicted octanol–water partition coefficient (Wildman–Crippen LogP) is 3.04. The lowest BCUT2D eigenvalue weighted by molar-refractivity contribution is -0.137. The molecule has 0 heterocycles. The maximum absolute atomic E-state index is 12.6. The summed E-state index contributed by atoms with van der Waals surface area (Å²) in [7, 11) is 0. The molecule has 18 heavy (non-hydrogen) atoms. The summed E-state index contributed by atoms with van der Waals surface area (Å²) in [6.45, 7) is -0.243. The van der Waals surface area contributed by atoms with Crippen LogP contribution in [0.1, 0.15) is 11.1 Å². The summed E-state index contributed by atoms with van der Waals surface area (Å²) in [5.74, 6) is 0. The first-order chi connectivity index (χ1) is 8.34. The van der Waals surface area contributed by atoms with Crippen molar-refractivity contribution in [1.29, 1.82) is 0 Å². The molecule has 1 aromatic carbocycles. The lowest BCUT2D eigenvalue weighted by Crippen LogP contribution is -2.13. The van der Waals surface area contributed by atoms with Gasteiger partial charge in [0, 0.05) is 0 Å². The molecule has 96 valence electrons. The second-order valence-corrected chi connectivity index (χ2v) is 3.34. The Kier molecular flexibility index (Phi) is 4.41. The smallest absolute Gasteiger partial charge is 0.418 e. The number of primary amides is 1. The minimum Gasteiger partial charge on any atom is -0.445 e. The van der Waals surface area contributed by atoms with Crippen LogP contribution < -0.4 is 5.73 Å². The minimum absolute atomic E-state index is 0.243. The molecule has 4 nitrogen and oxygen atoms in total. The van der Waals surface area contributed by atoms with Crippen LogP contribution in [0.3, 0.4) is 0 Å². The van der Waals surface area contributed by atoms with Crippen molar-refractivity contribution in [3.63, 3.8) is 0 Å².